The number of carbonyl (C=O) groups excluding carboxylic acids is 2. The molecule has 0 radical (unpaired) electrons. The number of aliphatic hydroxyl groups excluding tert-OH is 3. The molecule has 0 aromatic heterocycles. The number of ketones is 1. The van der Waals surface area contributed by atoms with E-state index in [-0.39, 0.29) is 31.8 Å². The molecule has 1 aliphatic heterocycles. The number of hydrogen-bond acceptors (Lipinski definition) is 8. The summed E-state index contributed by atoms with van der Waals surface area (Å²) in [5.74, 6) is -1.94. The van der Waals surface area contributed by atoms with Gasteiger partial charge in [0.15, 0.2) is 12.1 Å². The molecular formula is C20H25NO9. The Kier molecular flexibility index (Phi) is 9.09. The molecule has 1 saturated heterocycles. The Labute approximate surface area is 172 Å². The quantitative estimate of drug-likeness (QED) is 0.185. The number of carboxylic acids is 1. The Hall–Kier alpha value is -2.63. The molecule has 2 rings (SSSR count). The van der Waals surface area contributed by atoms with Crippen molar-refractivity contribution in [1.82, 2.24) is 5.32 Å². The van der Waals surface area contributed by atoms with Crippen LogP contribution < -0.4 is 5.32 Å². The van der Waals surface area contributed by atoms with Crippen LogP contribution in [0.3, 0.4) is 0 Å². The van der Waals surface area contributed by atoms with Gasteiger partial charge >= 0.3 is 5.97 Å². The first-order valence-corrected chi connectivity index (χ1v) is 9.38. The summed E-state index contributed by atoms with van der Waals surface area (Å²) in [6, 6.07) is 8.45. The lowest BCUT2D eigenvalue weighted by Gasteiger charge is -2.40. The lowest BCUT2D eigenvalue weighted by atomic mass is 9.96. The van der Waals surface area contributed by atoms with Gasteiger partial charge in [-0.2, -0.15) is 0 Å². The summed E-state index contributed by atoms with van der Waals surface area (Å²) in [4.78, 5) is 34.3. The Balaban J connectivity index is 1.75. The van der Waals surface area contributed by atoms with E-state index in [4.69, 9.17) is 14.6 Å². The highest BCUT2D eigenvalue weighted by Gasteiger charge is 2.44. The summed E-state index contributed by atoms with van der Waals surface area (Å²) in [6.45, 7) is -0.0733. The molecule has 1 aromatic rings. The lowest BCUT2D eigenvalue weighted by molar-refractivity contribution is -0.297. The molecule has 5 N–H and O–H groups in total. The molecule has 5 atom stereocenters. The molecule has 10 nitrogen and oxygen atoms in total. The van der Waals surface area contributed by atoms with Crippen molar-refractivity contribution < 1.29 is 44.3 Å². The molecule has 2 unspecified atom stereocenters. The minimum Gasteiger partial charge on any atom is -0.481 e. The number of ether oxygens (including phenoxy) is 2. The topological polar surface area (TPSA) is 163 Å². The average molecular weight is 423 g/mol. The van der Waals surface area contributed by atoms with Crippen molar-refractivity contribution in [3.63, 3.8) is 0 Å². The van der Waals surface area contributed by atoms with Crippen LogP contribution >= 0.6 is 0 Å². The van der Waals surface area contributed by atoms with E-state index in [1.807, 2.05) is 0 Å². The zero-order valence-electron chi connectivity index (χ0n) is 16.1. The van der Waals surface area contributed by atoms with Crippen LogP contribution in [0.15, 0.2) is 42.5 Å². The summed E-state index contributed by atoms with van der Waals surface area (Å²) in [6.07, 6.45) is -5.01. The molecule has 0 spiro atoms. The predicted octanol–water partition coefficient (Wildman–Crippen LogP) is -0.769. The van der Waals surface area contributed by atoms with E-state index in [0.29, 0.717) is 5.56 Å². The minimum atomic E-state index is -1.57. The molecule has 10 heteroatoms. The van der Waals surface area contributed by atoms with Gasteiger partial charge in [0.2, 0.25) is 5.91 Å². The van der Waals surface area contributed by atoms with Crippen LogP contribution in [0.1, 0.15) is 23.2 Å². The van der Waals surface area contributed by atoms with Crippen LogP contribution in [0, 0.1) is 0 Å². The number of nitrogens with one attached hydrogen (secondary N) is 1. The van der Waals surface area contributed by atoms with Crippen LogP contribution in [-0.2, 0) is 19.1 Å². The monoisotopic (exact) mass is 423 g/mol. The number of hydrogen-bond donors (Lipinski definition) is 5. The fourth-order valence-electron chi connectivity index (χ4n) is 2.82. The third kappa shape index (κ3) is 7.01. The van der Waals surface area contributed by atoms with E-state index >= 15 is 0 Å². The van der Waals surface area contributed by atoms with Crippen LogP contribution in [-0.4, -0.2) is 81.9 Å². The number of benzene rings is 1. The number of amides is 1. The third-order valence-electron chi connectivity index (χ3n) is 4.44. The van der Waals surface area contributed by atoms with E-state index in [1.165, 1.54) is 0 Å². The third-order valence-corrected chi connectivity index (χ3v) is 4.44. The van der Waals surface area contributed by atoms with Crippen molar-refractivity contribution in [3.05, 3.63) is 48.0 Å². The molecule has 0 aliphatic carbocycles. The smallest absolute Gasteiger partial charge is 0.303 e. The van der Waals surface area contributed by atoms with Crippen molar-refractivity contribution >= 4 is 17.7 Å². The van der Waals surface area contributed by atoms with Crippen molar-refractivity contribution in [2.75, 3.05) is 13.2 Å². The second-order valence-corrected chi connectivity index (χ2v) is 6.67. The maximum Gasteiger partial charge on any atom is 0.303 e. The summed E-state index contributed by atoms with van der Waals surface area (Å²) >= 11 is 0. The molecule has 30 heavy (non-hydrogen) atoms. The van der Waals surface area contributed by atoms with Gasteiger partial charge in [-0.25, -0.2) is 0 Å². The van der Waals surface area contributed by atoms with Gasteiger partial charge in [-0.05, 0) is 12.5 Å². The fraction of sp³-hybridized carbons (Fsp3) is 0.450. The molecule has 1 heterocycles. The highest BCUT2D eigenvalue weighted by atomic mass is 16.7. The maximum atomic E-state index is 11.9. The molecule has 1 aromatic carbocycles. The van der Waals surface area contributed by atoms with Crippen LogP contribution in [0.4, 0.5) is 0 Å². The van der Waals surface area contributed by atoms with Crippen molar-refractivity contribution in [3.8, 4) is 0 Å². The molecule has 0 saturated carbocycles. The Bertz CT molecular complexity index is 752. The first-order valence-electron chi connectivity index (χ1n) is 9.38. The number of carbonyl (C=O) groups is 3. The molecule has 0 bridgehead atoms. The maximum absolute atomic E-state index is 11.9. The number of rotatable bonds is 10. The summed E-state index contributed by atoms with van der Waals surface area (Å²) < 4.78 is 10.6. The normalized spacial score (nSPS) is 26.4. The Morgan fingerprint density at radius 1 is 1.03 bits per heavy atom. The molecule has 1 amide bonds. The standard InChI is InChI=1S/C20H25NO9/c22-13(12-4-2-1-3-5-12)6-8-15(23)21-10-11-29-20-19(28)18(27)17(26)14(30-20)7-9-16(24)25/h1-6,8,14,17-20,26-28H,7,9-11H2,(H,21,23)(H,24,25)/b8-6+/t14?,17-,18+,19?,20+/m1/s1. The number of allylic oxidation sites excluding steroid dienone is 1. The van der Waals surface area contributed by atoms with Gasteiger partial charge in [0.1, 0.15) is 18.3 Å². The molecule has 164 valence electrons. The summed E-state index contributed by atoms with van der Waals surface area (Å²) in [5, 5.41) is 41.0. The van der Waals surface area contributed by atoms with E-state index < -0.39 is 42.6 Å². The zero-order chi connectivity index (χ0) is 22.1. The van der Waals surface area contributed by atoms with Crippen LogP contribution in [0.2, 0.25) is 0 Å². The summed E-state index contributed by atoms with van der Waals surface area (Å²) in [5.41, 5.74) is 0.450. The minimum absolute atomic E-state index is 0.0215. The van der Waals surface area contributed by atoms with Gasteiger partial charge in [-0.3, -0.25) is 14.4 Å². The van der Waals surface area contributed by atoms with Gasteiger partial charge in [0.05, 0.1) is 12.7 Å². The van der Waals surface area contributed by atoms with E-state index in [1.54, 1.807) is 30.3 Å². The van der Waals surface area contributed by atoms with Crippen molar-refractivity contribution in [1.29, 1.82) is 0 Å². The van der Waals surface area contributed by atoms with Gasteiger partial charge in [-0.15, -0.1) is 0 Å². The second kappa shape index (κ2) is 11.5. The highest BCUT2D eigenvalue weighted by molar-refractivity contribution is 6.07. The SMILES string of the molecule is O=C(O)CCC1O[C@H](OCCNC(=O)/C=C/C(=O)c2ccccc2)C(O)[C@@H](O)[C@@H]1O. The molecule has 1 aliphatic rings. The molecular weight excluding hydrogens is 398 g/mol. The van der Waals surface area contributed by atoms with Gasteiger partial charge in [0.25, 0.3) is 0 Å². The first-order chi connectivity index (χ1) is 14.3. The van der Waals surface area contributed by atoms with Gasteiger partial charge in [0, 0.05) is 24.6 Å². The molecule has 1 fully saturated rings. The van der Waals surface area contributed by atoms with Crippen LogP contribution in [0.5, 0.6) is 0 Å². The highest BCUT2D eigenvalue weighted by Crippen LogP contribution is 2.24. The van der Waals surface area contributed by atoms with Gasteiger partial charge < -0.3 is 35.2 Å². The number of aliphatic hydroxyl groups is 3. The van der Waals surface area contributed by atoms with Crippen molar-refractivity contribution in [2.24, 2.45) is 0 Å². The first kappa shape index (κ1) is 23.6. The van der Waals surface area contributed by atoms with Crippen LogP contribution in [0.25, 0.3) is 0 Å². The predicted molar refractivity (Wildman–Crippen MR) is 102 cm³/mol. The Morgan fingerprint density at radius 3 is 2.40 bits per heavy atom. The zero-order valence-corrected chi connectivity index (χ0v) is 16.1. The summed E-state index contributed by atoms with van der Waals surface area (Å²) in [7, 11) is 0. The lowest BCUT2D eigenvalue weighted by Crippen LogP contribution is -2.58. The second-order valence-electron chi connectivity index (χ2n) is 6.67. The number of carboxylic acid groups (broad SMARTS) is 1. The van der Waals surface area contributed by atoms with E-state index in [9.17, 15) is 29.7 Å². The Morgan fingerprint density at radius 2 is 1.73 bits per heavy atom. The fourth-order valence-corrected chi connectivity index (χ4v) is 2.82. The van der Waals surface area contributed by atoms with E-state index in [0.717, 1.165) is 12.2 Å². The van der Waals surface area contributed by atoms with Gasteiger partial charge in [-0.1, -0.05) is 30.3 Å². The largest absolute Gasteiger partial charge is 0.481 e. The van der Waals surface area contributed by atoms with Crippen molar-refractivity contribution in [2.45, 2.75) is 43.5 Å². The average Bonchev–Trinajstić information content (AvgIpc) is 2.74. The number of aliphatic carboxylic acids is 1. The van der Waals surface area contributed by atoms with E-state index in [2.05, 4.69) is 5.32 Å².